The van der Waals surface area contributed by atoms with Crippen molar-refractivity contribution < 1.29 is 23.5 Å². The summed E-state index contributed by atoms with van der Waals surface area (Å²) >= 11 is 0. The van der Waals surface area contributed by atoms with Crippen LogP contribution in [0.4, 0.5) is 10.1 Å². The van der Waals surface area contributed by atoms with E-state index in [-0.39, 0.29) is 18.1 Å². The first-order chi connectivity index (χ1) is 13.6. The Morgan fingerprint density at radius 3 is 2.43 bits per heavy atom. The van der Waals surface area contributed by atoms with Crippen LogP contribution >= 0.6 is 0 Å². The van der Waals surface area contributed by atoms with E-state index in [4.69, 9.17) is 9.47 Å². The number of methoxy groups -OCH3 is 1. The van der Waals surface area contributed by atoms with Crippen LogP contribution in [0.15, 0.2) is 72.8 Å². The lowest BCUT2D eigenvalue weighted by molar-refractivity contribution is 0.0473. The van der Waals surface area contributed by atoms with Gasteiger partial charge in [0.25, 0.3) is 5.91 Å². The highest BCUT2D eigenvalue weighted by Gasteiger charge is 2.15. The smallest absolute Gasteiger partial charge is 0.340 e. The van der Waals surface area contributed by atoms with Crippen molar-refractivity contribution in [2.45, 2.75) is 6.61 Å². The van der Waals surface area contributed by atoms with Crippen LogP contribution in [0.2, 0.25) is 0 Å². The van der Waals surface area contributed by atoms with Crippen LogP contribution in [0.5, 0.6) is 5.75 Å². The Morgan fingerprint density at radius 1 is 0.964 bits per heavy atom. The fourth-order valence-electron chi connectivity index (χ4n) is 2.56. The van der Waals surface area contributed by atoms with E-state index in [0.29, 0.717) is 22.6 Å². The van der Waals surface area contributed by atoms with Crippen molar-refractivity contribution >= 4 is 17.6 Å². The molecule has 0 radical (unpaired) electrons. The second kappa shape index (κ2) is 8.81. The average Bonchev–Trinajstić information content (AvgIpc) is 2.72. The normalized spacial score (nSPS) is 10.2. The number of carbonyl (C=O) groups is 2. The summed E-state index contributed by atoms with van der Waals surface area (Å²) in [5.41, 5.74) is 1.49. The molecule has 6 heteroatoms. The van der Waals surface area contributed by atoms with E-state index in [1.165, 1.54) is 12.1 Å². The van der Waals surface area contributed by atoms with Crippen molar-refractivity contribution in [2.75, 3.05) is 12.4 Å². The summed E-state index contributed by atoms with van der Waals surface area (Å²) in [4.78, 5) is 24.9. The molecule has 0 heterocycles. The lowest BCUT2D eigenvalue weighted by Crippen LogP contribution is -2.15. The first-order valence-corrected chi connectivity index (χ1v) is 8.53. The van der Waals surface area contributed by atoms with Crippen LogP contribution in [0.25, 0.3) is 0 Å². The predicted molar refractivity (Wildman–Crippen MR) is 103 cm³/mol. The molecule has 1 N–H and O–H groups in total. The van der Waals surface area contributed by atoms with E-state index < -0.39 is 11.8 Å². The number of para-hydroxylation sites is 1. The molecular formula is C22H18FNO4. The fourth-order valence-corrected chi connectivity index (χ4v) is 2.56. The third-order valence-electron chi connectivity index (χ3n) is 4.01. The van der Waals surface area contributed by atoms with Gasteiger partial charge in [-0.05, 0) is 54.1 Å². The molecule has 0 atom stereocenters. The monoisotopic (exact) mass is 379 g/mol. The van der Waals surface area contributed by atoms with E-state index in [1.807, 2.05) is 0 Å². The minimum Gasteiger partial charge on any atom is -0.497 e. The lowest BCUT2D eigenvalue weighted by Gasteiger charge is -2.11. The zero-order chi connectivity index (χ0) is 19.9. The standard InChI is InChI=1S/C22H18FNO4/c1-27-18-11-9-16(10-12-18)21(25)24-20-8-3-2-7-19(20)22(26)28-14-15-5-4-6-17(23)13-15/h2-13H,14H2,1H3,(H,24,25). The summed E-state index contributed by atoms with van der Waals surface area (Å²) in [6.45, 7) is -0.0721. The Hall–Kier alpha value is -3.67. The molecule has 0 saturated carbocycles. The van der Waals surface area contributed by atoms with Crippen molar-refractivity contribution in [3.63, 3.8) is 0 Å². The molecule has 3 aromatic carbocycles. The molecule has 0 spiro atoms. The molecule has 0 aliphatic carbocycles. The number of esters is 1. The zero-order valence-electron chi connectivity index (χ0n) is 15.1. The topological polar surface area (TPSA) is 64.6 Å². The molecule has 0 unspecified atom stereocenters. The van der Waals surface area contributed by atoms with Gasteiger partial charge in [0.2, 0.25) is 0 Å². The van der Waals surface area contributed by atoms with Gasteiger partial charge in [-0.15, -0.1) is 0 Å². The summed E-state index contributed by atoms with van der Waals surface area (Å²) < 4.78 is 23.6. The number of benzene rings is 3. The van der Waals surface area contributed by atoms with Crippen molar-refractivity contribution in [1.29, 1.82) is 0 Å². The Kier molecular flexibility index (Phi) is 6.01. The maximum absolute atomic E-state index is 13.2. The highest BCUT2D eigenvalue weighted by Crippen LogP contribution is 2.19. The summed E-state index contributed by atoms with van der Waals surface area (Å²) in [6, 6.07) is 18.9. The molecular weight excluding hydrogens is 361 g/mol. The summed E-state index contributed by atoms with van der Waals surface area (Å²) in [5.74, 6) is -0.749. The molecule has 0 saturated heterocycles. The van der Waals surface area contributed by atoms with Crippen molar-refractivity contribution in [3.05, 3.63) is 95.3 Å². The van der Waals surface area contributed by atoms with Gasteiger partial charge in [-0.2, -0.15) is 0 Å². The molecule has 28 heavy (non-hydrogen) atoms. The minimum atomic E-state index is -0.616. The van der Waals surface area contributed by atoms with Gasteiger partial charge in [0.05, 0.1) is 18.4 Å². The molecule has 0 aliphatic heterocycles. The van der Waals surface area contributed by atoms with Gasteiger partial charge in [-0.25, -0.2) is 9.18 Å². The summed E-state index contributed by atoms with van der Waals surface area (Å²) in [5, 5.41) is 2.71. The van der Waals surface area contributed by atoms with Crippen LogP contribution in [0.3, 0.4) is 0 Å². The quantitative estimate of drug-likeness (QED) is 0.643. The minimum absolute atomic E-state index is 0.0721. The second-order valence-electron chi connectivity index (χ2n) is 5.93. The number of hydrogen-bond acceptors (Lipinski definition) is 4. The van der Waals surface area contributed by atoms with Gasteiger partial charge >= 0.3 is 5.97 Å². The number of anilines is 1. The summed E-state index contributed by atoms with van der Waals surface area (Å²) in [6.07, 6.45) is 0. The maximum atomic E-state index is 13.2. The Balaban J connectivity index is 1.71. The molecule has 0 aromatic heterocycles. The van der Waals surface area contributed by atoms with E-state index in [0.717, 1.165) is 0 Å². The first kappa shape index (κ1) is 19.1. The highest BCUT2D eigenvalue weighted by atomic mass is 19.1. The molecule has 0 bridgehead atoms. The highest BCUT2D eigenvalue weighted by molar-refractivity contribution is 6.08. The third kappa shape index (κ3) is 4.73. The molecule has 0 aliphatic rings. The fraction of sp³-hybridized carbons (Fsp3) is 0.0909. The molecule has 0 fully saturated rings. The van der Waals surface area contributed by atoms with E-state index in [1.54, 1.807) is 67.8 Å². The van der Waals surface area contributed by atoms with Gasteiger partial charge in [0.1, 0.15) is 18.2 Å². The number of halogens is 1. The number of rotatable bonds is 6. The van der Waals surface area contributed by atoms with Crippen molar-refractivity contribution in [1.82, 2.24) is 0 Å². The van der Waals surface area contributed by atoms with Crippen molar-refractivity contribution in [2.24, 2.45) is 0 Å². The zero-order valence-corrected chi connectivity index (χ0v) is 15.1. The number of nitrogens with one attached hydrogen (secondary N) is 1. The number of amides is 1. The van der Waals surface area contributed by atoms with Gasteiger partial charge in [-0.3, -0.25) is 4.79 Å². The maximum Gasteiger partial charge on any atom is 0.340 e. The van der Waals surface area contributed by atoms with E-state index in [2.05, 4.69) is 5.32 Å². The lowest BCUT2D eigenvalue weighted by atomic mass is 10.1. The van der Waals surface area contributed by atoms with E-state index in [9.17, 15) is 14.0 Å². The average molecular weight is 379 g/mol. The second-order valence-corrected chi connectivity index (χ2v) is 5.93. The SMILES string of the molecule is COc1ccc(C(=O)Nc2ccccc2C(=O)OCc2cccc(F)c2)cc1. The van der Waals surface area contributed by atoms with Crippen LogP contribution in [-0.4, -0.2) is 19.0 Å². The largest absolute Gasteiger partial charge is 0.497 e. The van der Waals surface area contributed by atoms with Gasteiger partial charge in [0, 0.05) is 5.56 Å². The third-order valence-corrected chi connectivity index (χ3v) is 4.01. The van der Waals surface area contributed by atoms with Crippen LogP contribution in [0, 0.1) is 5.82 Å². The number of ether oxygens (including phenoxy) is 2. The molecule has 142 valence electrons. The Bertz CT molecular complexity index is 986. The molecule has 3 rings (SSSR count). The molecule has 1 amide bonds. The van der Waals surface area contributed by atoms with E-state index >= 15 is 0 Å². The van der Waals surface area contributed by atoms with Crippen LogP contribution in [0.1, 0.15) is 26.3 Å². The first-order valence-electron chi connectivity index (χ1n) is 8.53. The molecule has 3 aromatic rings. The van der Waals surface area contributed by atoms with Gasteiger partial charge in [-0.1, -0.05) is 24.3 Å². The van der Waals surface area contributed by atoms with Crippen LogP contribution < -0.4 is 10.1 Å². The predicted octanol–water partition coefficient (Wildman–Crippen LogP) is 4.44. The number of hydrogen-bond donors (Lipinski definition) is 1. The Morgan fingerprint density at radius 2 is 1.71 bits per heavy atom. The van der Waals surface area contributed by atoms with Crippen molar-refractivity contribution in [3.8, 4) is 5.75 Å². The summed E-state index contributed by atoms with van der Waals surface area (Å²) in [7, 11) is 1.54. The van der Waals surface area contributed by atoms with Crippen LogP contribution in [-0.2, 0) is 11.3 Å². The molecule has 5 nitrogen and oxygen atoms in total. The number of carbonyl (C=O) groups excluding carboxylic acids is 2. The Labute approximate surface area is 161 Å². The van der Waals surface area contributed by atoms with Gasteiger partial charge in [0.15, 0.2) is 0 Å². The van der Waals surface area contributed by atoms with Gasteiger partial charge < -0.3 is 14.8 Å².